The number of nitrogens with one attached hydrogen (secondary N) is 2. The van der Waals surface area contributed by atoms with Crippen LogP contribution in [0.15, 0.2) is 12.3 Å². The number of nitrogen functional groups attached to an aromatic ring is 1. The van der Waals surface area contributed by atoms with E-state index in [4.69, 9.17) is 10.5 Å². The molecule has 4 N–H and O–H groups in total. The van der Waals surface area contributed by atoms with Crippen LogP contribution in [-0.2, 0) is 9.53 Å². The Kier molecular flexibility index (Phi) is 6.28. The summed E-state index contributed by atoms with van der Waals surface area (Å²) in [5.41, 5.74) is 6.35. The zero-order valence-corrected chi connectivity index (χ0v) is 11.7. The Morgan fingerprint density at radius 3 is 2.80 bits per heavy atom. The van der Waals surface area contributed by atoms with Gasteiger partial charge in [0.05, 0.1) is 17.9 Å². The molecular formula is C13H20N4O3. The summed E-state index contributed by atoms with van der Waals surface area (Å²) in [5, 5.41) is 5.62. The molecule has 0 saturated carbocycles. The van der Waals surface area contributed by atoms with Gasteiger partial charge < -0.3 is 21.1 Å². The van der Waals surface area contributed by atoms with Crippen molar-refractivity contribution < 1.29 is 14.3 Å². The number of nitrogens with zero attached hydrogens (tertiary/aromatic N) is 1. The lowest BCUT2D eigenvalue weighted by Gasteiger charge is -2.11. The van der Waals surface area contributed by atoms with Gasteiger partial charge in [0.15, 0.2) is 0 Å². The third-order valence-electron chi connectivity index (χ3n) is 2.50. The predicted octanol–water partition coefficient (Wildman–Crippen LogP) is 0.779. The fraction of sp³-hybridized carbons (Fsp3) is 0.462. The minimum atomic E-state index is -0.487. The molecule has 1 aromatic heterocycles. The summed E-state index contributed by atoms with van der Waals surface area (Å²) in [7, 11) is 0. The molecule has 0 unspecified atom stereocenters. The molecule has 0 radical (unpaired) electrons. The highest BCUT2D eigenvalue weighted by Crippen LogP contribution is 2.20. The zero-order chi connectivity index (χ0) is 15.0. The van der Waals surface area contributed by atoms with Gasteiger partial charge in [-0.05, 0) is 19.9 Å². The molecule has 0 spiro atoms. The summed E-state index contributed by atoms with van der Waals surface area (Å²) in [6, 6.07) is 1.50. The van der Waals surface area contributed by atoms with E-state index in [9.17, 15) is 9.59 Å². The van der Waals surface area contributed by atoms with Gasteiger partial charge in [-0.1, -0.05) is 0 Å². The molecule has 1 aromatic rings. The second kappa shape index (κ2) is 7.98. The lowest BCUT2D eigenvalue weighted by atomic mass is 10.2. The fourth-order valence-electron chi connectivity index (χ4n) is 1.58. The van der Waals surface area contributed by atoms with E-state index in [-0.39, 0.29) is 23.8 Å². The lowest BCUT2D eigenvalue weighted by molar-refractivity contribution is -0.120. The van der Waals surface area contributed by atoms with Gasteiger partial charge in [-0.3, -0.25) is 4.79 Å². The largest absolute Gasteiger partial charge is 0.462 e. The summed E-state index contributed by atoms with van der Waals surface area (Å²) < 4.78 is 4.90. The molecule has 110 valence electrons. The quantitative estimate of drug-likeness (QED) is 0.637. The molecule has 7 nitrogen and oxygen atoms in total. The molecule has 0 aliphatic heterocycles. The van der Waals surface area contributed by atoms with Gasteiger partial charge in [-0.15, -0.1) is 0 Å². The first-order valence-electron chi connectivity index (χ1n) is 6.52. The molecular weight excluding hydrogens is 260 g/mol. The van der Waals surface area contributed by atoms with Crippen molar-refractivity contribution in [2.75, 3.05) is 30.7 Å². The van der Waals surface area contributed by atoms with Crippen molar-refractivity contribution in [3.63, 3.8) is 0 Å². The van der Waals surface area contributed by atoms with E-state index < -0.39 is 5.97 Å². The summed E-state index contributed by atoms with van der Waals surface area (Å²) in [5.74, 6) is -0.167. The van der Waals surface area contributed by atoms with E-state index in [2.05, 4.69) is 15.6 Å². The Morgan fingerprint density at radius 1 is 1.40 bits per heavy atom. The van der Waals surface area contributed by atoms with Gasteiger partial charge in [0.25, 0.3) is 0 Å². The van der Waals surface area contributed by atoms with Crippen LogP contribution in [-0.4, -0.2) is 36.6 Å². The molecule has 0 aliphatic carbocycles. The Morgan fingerprint density at radius 2 is 2.15 bits per heavy atom. The van der Waals surface area contributed by atoms with Gasteiger partial charge in [0.1, 0.15) is 5.82 Å². The number of pyridine rings is 1. The van der Waals surface area contributed by atoms with Crippen molar-refractivity contribution in [1.29, 1.82) is 0 Å². The molecule has 0 saturated heterocycles. The number of hydrogen-bond donors (Lipinski definition) is 3. The van der Waals surface area contributed by atoms with Crippen molar-refractivity contribution in [3.05, 3.63) is 17.8 Å². The van der Waals surface area contributed by atoms with E-state index in [0.29, 0.717) is 25.3 Å². The number of carbonyl (C=O) groups excluding carboxylic acids is 2. The highest BCUT2D eigenvalue weighted by Gasteiger charge is 2.14. The number of rotatable bonds is 7. The highest BCUT2D eigenvalue weighted by molar-refractivity contribution is 5.97. The Bertz CT molecular complexity index is 477. The number of aromatic nitrogens is 1. The van der Waals surface area contributed by atoms with E-state index in [1.54, 1.807) is 6.92 Å². The van der Waals surface area contributed by atoms with E-state index in [0.717, 1.165) is 0 Å². The van der Waals surface area contributed by atoms with Crippen molar-refractivity contribution in [2.24, 2.45) is 0 Å². The van der Waals surface area contributed by atoms with Crippen molar-refractivity contribution >= 4 is 23.4 Å². The number of amides is 1. The average molecular weight is 280 g/mol. The molecule has 0 fully saturated rings. The Labute approximate surface area is 117 Å². The van der Waals surface area contributed by atoms with E-state index in [1.807, 2.05) is 6.92 Å². The number of anilines is 2. The highest BCUT2D eigenvalue weighted by atomic mass is 16.5. The second-order valence-corrected chi connectivity index (χ2v) is 3.97. The Hall–Kier alpha value is -2.31. The Balaban J connectivity index is 2.65. The minimum Gasteiger partial charge on any atom is -0.462 e. The molecule has 0 bridgehead atoms. The molecule has 1 rings (SSSR count). The van der Waals surface area contributed by atoms with Crippen LogP contribution in [0.5, 0.6) is 0 Å². The maximum absolute atomic E-state index is 11.7. The van der Waals surface area contributed by atoms with Crippen LogP contribution >= 0.6 is 0 Å². The van der Waals surface area contributed by atoms with Crippen LogP contribution in [0.4, 0.5) is 11.5 Å². The standard InChI is InChI=1S/C13H20N4O3/c1-3-15-10(18)6-8-17-12-11(14)9(5-7-16-12)13(19)20-4-2/h5,7H,3-4,6,8,14H2,1-2H3,(H,15,18)(H,16,17). The van der Waals surface area contributed by atoms with Gasteiger partial charge >= 0.3 is 5.97 Å². The number of hydrogen-bond acceptors (Lipinski definition) is 6. The molecule has 1 heterocycles. The summed E-state index contributed by atoms with van der Waals surface area (Å²) in [6.07, 6.45) is 1.77. The first-order valence-corrected chi connectivity index (χ1v) is 6.52. The van der Waals surface area contributed by atoms with E-state index in [1.165, 1.54) is 12.3 Å². The smallest absolute Gasteiger partial charge is 0.340 e. The van der Waals surface area contributed by atoms with Gasteiger partial charge in [-0.2, -0.15) is 0 Å². The monoisotopic (exact) mass is 280 g/mol. The molecule has 0 atom stereocenters. The maximum atomic E-state index is 11.7. The summed E-state index contributed by atoms with van der Waals surface area (Å²) >= 11 is 0. The summed E-state index contributed by atoms with van der Waals surface area (Å²) in [6.45, 7) is 4.84. The lowest BCUT2D eigenvalue weighted by Crippen LogP contribution is -2.25. The molecule has 0 aliphatic rings. The fourth-order valence-corrected chi connectivity index (χ4v) is 1.58. The van der Waals surface area contributed by atoms with Crippen molar-refractivity contribution in [2.45, 2.75) is 20.3 Å². The predicted molar refractivity (Wildman–Crippen MR) is 76.4 cm³/mol. The third kappa shape index (κ3) is 4.42. The second-order valence-electron chi connectivity index (χ2n) is 3.97. The first-order chi connectivity index (χ1) is 9.60. The van der Waals surface area contributed by atoms with Crippen LogP contribution in [0.25, 0.3) is 0 Å². The van der Waals surface area contributed by atoms with Gasteiger partial charge in [0, 0.05) is 25.7 Å². The van der Waals surface area contributed by atoms with E-state index >= 15 is 0 Å². The molecule has 0 aromatic carbocycles. The van der Waals surface area contributed by atoms with Crippen LogP contribution in [0.2, 0.25) is 0 Å². The van der Waals surface area contributed by atoms with Crippen LogP contribution < -0.4 is 16.4 Å². The zero-order valence-electron chi connectivity index (χ0n) is 11.7. The normalized spacial score (nSPS) is 9.90. The van der Waals surface area contributed by atoms with Crippen LogP contribution in [0.1, 0.15) is 30.6 Å². The van der Waals surface area contributed by atoms with Crippen molar-refractivity contribution in [1.82, 2.24) is 10.3 Å². The number of carbonyl (C=O) groups is 2. The molecule has 20 heavy (non-hydrogen) atoms. The minimum absolute atomic E-state index is 0.0554. The topological polar surface area (TPSA) is 106 Å². The molecule has 1 amide bonds. The first kappa shape index (κ1) is 15.7. The van der Waals surface area contributed by atoms with Crippen molar-refractivity contribution in [3.8, 4) is 0 Å². The number of esters is 1. The van der Waals surface area contributed by atoms with Gasteiger partial charge in [0.2, 0.25) is 5.91 Å². The summed E-state index contributed by atoms with van der Waals surface area (Å²) in [4.78, 5) is 27.0. The van der Waals surface area contributed by atoms with Gasteiger partial charge in [-0.25, -0.2) is 9.78 Å². The SMILES string of the molecule is CCNC(=O)CCNc1nccc(C(=O)OCC)c1N. The number of ether oxygens (including phenoxy) is 1. The third-order valence-corrected chi connectivity index (χ3v) is 2.50. The average Bonchev–Trinajstić information content (AvgIpc) is 2.41. The van der Waals surface area contributed by atoms with Crippen LogP contribution in [0.3, 0.4) is 0 Å². The number of nitrogens with two attached hydrogens (primary N) is 1. The maximum Gasteiger partial charge on any atom is 0.340 e. The molecule has 7 heteroatoms. The van der Waals surface area contributed by atoms with Crippen LogP contribution in [0, 0.1) is 0 Å².